The van der Waals surface area contributed by atoms with Crippen LogP contribution in [0.3, 0.4) is 0 Å². The molecule has 0 radical (unpaired) electrons. The van der Waals surface area contributed by atoms with E-state index in [-0.39, 0.29) is 29.4 Å². The van der Waals surface area contributed by atoms with E-state index in [1.165, 1.54) is 31.4 Å². The molecule has 2 rings (SSSR count). The molecule has 0 aliphatic carbocycles. The van der Waals surface area contributed by atoms with Gasteiger partial charge in [-0.15, -0.1) is 0 Å². The number of hydrogen-bond donors (Lipinski definition) is 3. The number of ether oxygens (including phenoxy) is 2. The molecule has 2 amide bonds. The van der Waals surface area contributed by atoms with Crippen LogP contribution in [0.5, 0.6) is 0 Å². The molecule has 0 heterocycles. The number of methoxy groups -OCH3 is 1. The van der Waals surface area contributed by atoms with Crippen LogP contribution in [0.2, 0.25) is 0 Å². The van der Waals surface area contributed by atoms with Gasteiger partial charge in [0, 0.05) is 7.11 Å². The van der Waals surface area contributed by atoms with Crippen LogP contribution in [-0.2, 0) is 19.5 Å². The van der Waals surface area contributed by atoms with Gasteiger partial charge < -0.3 is 9.47 Å². The second-order valence-electron chi connectivity index (χ2n) is 5.67. The molecule has 10 heteroatoms. The van der Waals surface area contributed by atoms with Crippen molar-refractivity contribution in [2.75, 3.05) is 25.0 Å². The standard InChI is InChI=1S/C18H21N3O6S/c1-13-7-9-14(10-8-13)28(24,25)21-16-6-4-3-5-15(16)17(22)19-20-18(23)27-12-11-26-2/h3-10,21H,11-12H2,1-2H3,(H,19,22)(H,20,23). The first-order valence-corrected chi connectivity index (χ1v) is 9.72. The maximum Gasteiger partial charge on any atom is 0.426 e. The van der Waals surface area contributed by atoms with Crippen molar-refractivity contribution in [2.45, 2.75) is 11.8 Å². The molecule has 0 saturated heterocycles. The quantitative estimate of drug-likeness (QED) is 0.475. The molecule has 0 atom stereocenters. The first kappa shape index (κ1) is 21.2. The van der Waals surface area contributed by atoms with Gasteiger partial charge in [-0.1, -0.05) is 29.8 Å². The lowest BCUT2D eigenvalue weighted by Crippen LogP contribution is -2.42. The summed E-state index contributed by atoms with van der Waals surface area (Å²) in [7, 11) is -2.43. The summed E-state index contributed by atoms with van der Waals surface area (Å²) >= 11 is 0. The molecule has 9 nitrogen and oxygen atoms in total. The van der Waals surface area contributed by atoms with Gasteiger partial charge in [0.25, 0.3) is 15.9 Å². The number of carbonyl (C=O) groups is 2. The van der Waals surface area contributed by atoms with Crippen molar-refractivity contribution in [1.82, 2.24) is 10.9 Å². The summed E-state index contributed by atoms with van der Waals surface area (Å²) in [5.74, 6) is -0.717. The summed E-state index contributed by atoms with van der Waals surface area (Å²) in [5, 5.41) is 0. The Morgan fingerprint density at radius 2 is 1.64 bits per heavy atom. The molecule has 150 valence electrons. The van der Waals surface area contributed by atoms with Gasteiger partial charge in [0.15, 0.2) is 0 Å². The Bertz CT molecular complexity index is 929. The lowest BCUT2D eigenvalue weighted by atomic mass is 10.2. The number of carbonyl (C=O) groups excluding carboxylic acids is 2. The largest absolute Gasteiger partial charge is 0.446 e. The molecule has 28 heavy (non-hydrogen) atoms. The molecule has 0 aromatic heterocycles. The lowest BCUT2D eigenvalue weighted by molar-refractivity contribution is 0.0850. The lowest BCUT2D eigenvalue weighted by Gasteiger charge is -2.13. The number of hydrogen-bond acceptors (Lipinski definition) is 6. The molecule has 0 bridgehead atoms. The van der Waals surface area contributed by atoms with Crippen LogP contribution in [0.4, 0.5) is 10.5 Å². The first-order chi connectivity index (χ1) is 13.3. The van der Waals surface area contributed by atoms with Crippen LogP contribution in [0.1, 0.15) is 15.9 Å². The highest BCUT2D eigenvalue weighted by Crippen LogP contribution is 2.20. The fourth-order valence-corrected chi connectivity index (χ4v) is 3.20. The first-order valence-electron chi connectivity index (χ1n) is 8.24. The smallest absolute Gasteiger partial charge is 0.426 e. The van der Waals surface area contributed by atoms with Crippen molar-refractivity contribution >= 4 is 27.7 Å². The summed E-state index contributed by atoms with van der Waals surface area (Å²) in [5.41, 5.74) is 5.24. The van der Waals surface area contributed by atoms with Crippen molar-refractivity contribution in [1.29, 1.82) is 0 Å². The summed E-state index contributed by atoms with van der Waals surface area (Å²) in [6, 6.07) is 12.3. The van der Waals surface area contributed by atoms with E-state index < -0.39 is 22.0 Å². The number of aryl methyl sites for hydroxylation is 1. The van der Waals surface area contributed by atoms with E-state index in [0.29, 0.717) is 0 Å². The van der Waals surface area contributed by atoms with Crippen LogP contribution in [0.25, 0.3) is 0 Å². The highest BCUT2D eigenvalue weighted by atomic mass is 32.2. The maximum atomic E-state index is 12.6. The number of amides is 2. The Morgan fingerprint density at radius 1 is 0.964 bits per heavy atom. The monoisotopic (exact) mass is 407 g/mol. The molecule has 0 spiro atoms. The van der Waals surface area contributed by atoms with Gasteiger partial charge in [0.2, 0.25) is 0 Å². The molecule has 3 N–H and O–H groups in total. The maximum absolute atomic E-state index is 12.6. The van der Waals surface area contributed by atoms with Crippen molar-refractivity contribution in [3.05, 3.63) is 59.7 Å². The van der Waals surface area contributed by atoms with Gasteiger partial charge >= 0.3 is 6.09 Å². The van der Waals surface area contributed by atoms with E-state index in [1.807, 2.05) is 6.92 Å². The molecular weight excluding hydrogens is 386 g/mol. The summed E-state index contributed by atoms with van der Waals surface area (Å²) in [6.07, 6.45) is -0.872. The molecule has 2 aromatic rings. The van der Waals surface area contributed by atoms with Crippen LogP contribution in [-0.4, -0.2) is 40.7 Å². The predicted octanol–water partition coefficient (Wildman–Crippen LogP) is 1.81. The second kappa shape index (κ2) is 9.72. The highest BCUT2D eigenvalue weighted by molar-refractivity contribution is 7.92. The van der Waals surface area contributed by atoms with Gasteiger partial charge in [-0.05, 0) is 31.2 Å². The Morgan fingerprint density at radius 3 is 2.32 bits per heavy atom. The molecule has 0 aliphatic rings. The van der Waals surface area contributed by atoms with Crippen molar-refractivity contribution < 1.29 is 27.5 Å². The number of benzene rings is 2. The zero-order valence-corrected chi connectivity index (χ0v) is 16.2. The summed E-state index contributed by atoms with van der Waals surface area (Å²) in [4.78, 5) is 23.9. The van der Waals surface area contributed by atoms with Crippen molar-refractivity contribution in [2.24, 2.45) is 0 Å². The summed E-state index contributed by atoms with van der Waals surface area (Å²) < 4.78 is 37.0. The molecule has 2 aromatic carbocycles. The van der Waals surface area contributed by atoms with Crippen molar-refractivity contribution in [3.63, 3.8) is 0 Å². The molecule has 0 unspecified atom stereocenters. The fourth-order valence-electron chi connectivity index (χ4n) is 2.12. The topological polar surface area (TPSA) is 123 Å². The van der Waals surface area contributed by atoms with Gasteiger partial charge in [-0.3, -0.25) is 14.9 Å². The number of rotatable bonds is 7. The van der Waals surface area contributed by atoms with E-state index in [4.69, 9.17) is 9.47 Å². The minimum atomic E-state index is -3.89. The highest BCUT2D eigenvalue weighted by Gasteiger charge is 2.19. The number of para-hydroxylation sites is 1. The number of anilines is 1. The third-order valence-electron chi connectivity index (χ3n) is 3.55. The zero-order chi connectivity index (χ0) is 20.6. The minimum absolute atomic E-state index is 0.0190. The van der Waals surface area contributed by atoms with Crippen LogP contribution in [0, 0.1) is 6.92 Å². The van der Waals surface area contributed by atoms with Gasteiger partial charge in [-0.25, -0.2) is 18.6 Å². The number of nitrogens with one attached hydrogen (secondary N) is 3. The normalized spacial score (nSPS) is 10.8. The Kier molecular flexibility index (Phi) is 7.36. The Labute approximate surface area is 163 Å². The van der Waals surface area contributed by atoms with Crippen LogP contribution in [0.15, 0.2) is 53.4 Å². The average molecular weight is 407 g/mol. The second-order valence-corrected chi connectivity index (χ2v) is 7.35. The summed E-state index contributed by atoms with van der Waals surface area (Å²) in [6.45, 7) is 2.08. The van der Waals surface area contributed by atoms with E-state index in [9.17, 15) is 18.0 Å². The van der Waals surface area contributed by atoms with E-state index >= 15 is 0 Å². The van der Waals surface area contributed by atoms with Crippen LogP contribution >= 0.6 is 0 Å². The fraction of sp³-hybridized carbons (Fsp3) is 0.222. The molecular formula is C18H21N3O6S. The van der Waals surface area contributed by atoms with E-state index in [0.717, 1.165) is 5.56 Å². The minimum Gasteiger partial charge on any atom is -0.446 e. The van der Waals surface area contributed by atoms with E-state index in [2.05, 4.69) is 15.6 Å². The van der Waals surface area contributed by atoms with Gasteiger partial charge in [0.05, 0.1) is 22.8 Å². The van der Waals surface area contributed by atoms with Crippen LogP contribution < -0.4 is 15.6 Å². The number of hydrazine groups is 1. The SMILES string of the molecule is COCCOC(=O)NNC(=O)c1ccccc1NS(=O)(=O)c1ccc(C)cc1. The zero-order valence-electron chi connectivity index (χ0n) is 15.4. The average Bonchev–Trinajstić information content (AvgIpc) is 2.67. The third kappa shape index (κ3) is 5.96. The van der Waals surface area contributed by atoms with Gasteiger partial charge in [0.1, 0.15) is 6.61 Å². The predicted molar refractivity (Wildman–Crippen MR) is 102 cm³/mol. The number of sulfonamides is 1. The molecule has 0 aliphatic heterocycles. The third-order valence-corrected chi connectivity index (χ3v) is 4.93. The Hall–Kier alpha value is -3.11. The Balaban J connectivity index is 2.08. The molecule has 0 fully saturated rings. The molecule has 0 saturated carbocycles. The van der Waals surface area contributed by atoms with Gasteiger partial charge in [-0.2, -0.15) is 0 Å². The van der Waals surface area contributed by atoms with E-state index in [1.54, 1.807) is 24.3 Å². The van der Waals surface area contributed by atoms with Crippen molar-refractivity contribution in [3.8, 4) is 0 Å².